The smallest absolute Gasteiger partial charge is 0.0582 e. The van der Waals surface area contributed by atoms with Crippen LogP contribution in [0.3, 0.4) is 0 Å². The van der Waals surface area contributed by atoms with E-state index >= 15 is 0 Å². The topological polar surface area (TPSA) is 29.3 Å². The molecule has 1 aliphatic rings. The first-order valence-corrected chi connectivity index (χ1v) is 10.3. The molecule has 0 spiro atoms. The molecule has 0 bridgehead atoms. The summed E-state index contributed by atoms with van der Waals surface area (Å²) in [4.78, 5) is 0. The van der Waals surface area contributed by atoms with Crippen molar-refractivity contribution < 1.29 is 0 Å². The van der Waals surface area contributed by atoms with Gasteiger partial charge in [0.1, 0.15) is 0 Å². The van der Waals surface area contributed by atoms with Gasteiger partial charge in [0, 0.05) is 20.2 Å². The summed E-state index contributed by atoms with van der Waals surface area (Å²) in [6, 6.07) is 30.2. The summed E-state index contributed by atoms with van der Waals surface area (Å²) in [5.74, 6) is 6.56. The summed E-state index contributed by atoms with van der Waals surface area (Å²) in [6.07, 6.45) is 0.974. The zero-order valence-electron chi connectivity index (χ0n) is 15.2. The van der Waals surface area contributed by atoms with Crippen molar-refractivity contribution in [2.24, 2.45) is 5.84 Å². The quantitative estimate of drug-likeness (QED) is 0.270. The molecule has 0 saturated carbocycles. The summed E-state index contributed by atoms with van der Waals surface area (Å²) < 4.78 is 2.61. The van der Waals surface area contributed by atoms with Crippen molar-refractivity contribution in [2.45, 2.75) is 6.42 Å². The molecule has 134 valence electrons. The Hall–Kier alpha value is -3.14. The molecule has 0 unspecified atom stereocenters. The van der Waals surface area contributed by atoms with E-state index in [1.165, 1.54) is 42.4 Å². The van der Waals surface area contributed by atoms with E-state index in [0.29, 0.717) is 0 Å². The molecule has 0 fully saturated rings. The molecule has 0 aliphatic heterocycles. The Bertz CT molecular complexity index is 1370. The van der Waals surface area contributed by atoms with Gasteiger partial charge >= 0.3 is 0 Å². The number of nitrogens with zero attached hydrogens (tertiary/aromatic N) is 1. The maximum Gasteiger partial charge on any atom is 0.0582 e. The van der Waals surface area contributed by atoms with Crippen molar-refractivity contribution in [3.8, 4) is 11.1 Å². The van der Waals surface area contributed by atoms with E-state index in [2.05, 4.69) is 84.9 Å². The van der Waals surface area contributed by atoms with Crippen LogP contribution < -0.4 is 10.9 Å². The van der Waals surface area contributed by atoms with E-state index in [0.717, 1.165) is 17.8 Å². The van der Waals surface area contributed by atoms with E-state index < -0.39 is 0 Å². The number of hydrogen-bond donors (Lipinski definition) is 1. The van der Waals surface area contributed by atoms with Crippen LogP contribution in [0.4, 0.5) is 11.4 Å². The normalized spacial score (nSPS) is 12.3. The van der Waals surface area contributed by atoms with Gasteiger partial charge in [-0.05, 0) is 65.1 Å². The molecule has 1 heterocycles. The minimum Gasteiger partial charge on any atom is -0.280 e. The van der Waals surface area contributed by atoms with E-state index in [1.54, 1.807) is 5.01 Å². The summed E-state index contributed by atoms with van der Waals surface area (Å²) in [5, 5.41) is 4.36. The minimum absolute atomic E-state index is 0.974. The zero-order chi connectivity index (χ0) is 18.7. The molecule has 0 atom stereocenters. The molecule has 3 heteroatoms. The predicted octanol–water partition coefficient (Wildman–Crippen LogP) is 6.64. The summed E-state index contributed by atoms with van der Waals surface area (Å²) >= 11 is 1.83. The average Bonchev–Trinajstić information content (AvgIpc) is 3.30. The first kappa shape index (κ1) is 15.9. The van der Waals surface area contributed by atoms with Crippen LogP contribution in [0.2, 0.25) is 0 Å². The average molecular weight is 379 g/mol. The molecule has 0 amide bonds. The lowest BCUT2D eigenvalue weighted by Crippen LogP contribution is -2.24. The molecular weight excluding hydrogens is 360 g/mol. The van der Waals surface area contributed by atoms with Gasteiger partial charge in [-0.15, -0.1) is 11.3 Å². The lowest BCUT2D eigenvalue weighted by Gasteiger charge is -2.20. The number of thiophene rings is 1. The molecule has 0 radical (unpaired) electrons. The third-order valence-corrected chi connectivity index (χ3v) is 6.85. The number of anilines is 2. The van der Waals surface area contributed by atoms with Gasteiger partial charge in [0.15, 0.2) is 0 Å². The molecule has 28 heavy (non-hydrogen) atoms. The highest BCUT2D eigenvalue weighted by Crippen LogP contribution is 2.40. The van der Waals surface area contributed by atoms with Crippen molar-refractivity contribution in [3.63, 3.8) is 0 Å². The Balaban J connectivity index is 1.42. The lowest BCUT2D eigenvalue weighted by atomic mass is 10.1. The number of hydrazine groups is 1. The first-order valence-electron chi connectivity index (χ1n) is 9.45. The van der Waals surface area contributed by atoms with Gasteiger partial charge in [0.05, 0.1) is 11.4 Å². The van der Waals surface area contributed by atoms with Gasteiger partial charge in [-0.1, -0.05) is 48.5 Å². The van der Waals surface area contributed by atoms with Crippen LogP contribution in [0, 0.1) is 0 Å². The molecule has 2 nitrogen and oxygen atoms in total. The molecule has 2 N–H and O–H groups in total. The first-order chi connectivity index (χ1) is 13.8. The van der Waals surface area contributed by atoms with E-state index in [1.807, 2.05) is 11.3 Å². The van der Waals surface area contributed by atoms with Crippen LogP contribution in [0.25, 0.3) is 31.3 Å². The Morgan fingerprint density at radius 1 is 0.643 bits per heavy atom. The summed E-state index contributed by atoms with van der Waals surface area (Å²) in [5.41, 5.74) is 7.43. The highest BCUT2D eigenvalue weighted by Gasteiger charge is 2.19. The maximum absolute atomic E-state index is 6.56. The second-order valence-corrected chi connectivity index (χ2v) is 8.41. The van der Waals surface area contributed by atoms with Crippen LogP contribution >= 0.6 is 11.3 Å². The Kier molecular flexibility index (Phi) is 3.36. The Morgan fingerprint density at radius 2 is 1.36 bits per heavy atom. The van der Waals surface area contributed by atoms with Gasteiger partial charge in [0.25, 0.3) is 0 Å². The lowest BCUT2D eigenvalue weighted by molar-refractivity contribution is 1.08. The molecule has 1 aromatic heterocycles. The second-order valence-electron chi connectivity index (χ2n) is 7.32. The predicted molar refractivity (Wildman–Crippen MR) is 120 cm³/mol. The summed E-state index contributed by atoms with van der Waals surface area (Å²) in [7, 11) is 0. The van der Waals surface area contributed by atoms with E-state index in [9.17, 15) is 0 Å². The van der Waals surface area contributed by atoms with Crippen molar-refractivity contribution in [1.82, 2.24) is 0 Å². The highest BCUT2D eigenvalue weighted by molar-refractivity contribution is 7.25. The molecule has 6 rings (SSSR count). The molecule has 5 aromatic rings. The van der Waals surface area contributed by atoms with Crippen LogP contribution in [0.1, 0.15) is 11.1 Å². The van der Waals surface area contributed by atoms with Gasteiger partial charge in [0.2, 0.25) is 0 Å². The minimum atomic E-state index is 0.974. The fourth-order valence-electron chi connectivity index (χ4n) is 4.29. The fraction of sp³-hybridized carbons (Fsp3) is 0.0400. The number of fused-ring (bicyclic) bond motifs is 6. The number of benzene rings is 4. The highest BCUT2D eigenvalue weighted by atomic mass is 32.1. The Labute approximate surface area is 167 Å². The molecule has 4 aromatic carbocycles. The van der Waals surface area contributed by atoms with Crippen LogP contribution in [-0.2, 0) is 6.42 Å². The SMILES string of the molecule is NN(c1ccc2c(c1)Cc1ccccc1-2)c1ccc2sc3ccccc3c2c1. The van der Waals surface area contributed by atoms with Crippen LogP contribution in [0.5, 0.6) is 0 Å². The summed E-state index contributed by atoms with van der Waals surface area (Å²) in [6.45, 7) is 0. The standard InChI is InChI=1S/C25H18N2S/c26-27(18-9-11-21-17(14-18)13-16-5-1-2-6-20(16)21)19-10-12-25-23(15-19)22-7-3-4-8-24(22)28-25/h1-12,14-15H,13,26H2. The molecular formula is C25H18N2S. The largest absolute Gasteiger partial charge is 0.280 e. The van der Waals surface area contributed by atoms with Crippen molar-refractivity contribution >= 4 is 42.9 Å². The van der Waals surface area contributed by atoms with Crippen LogP contribution in [-0.4, -0.2) is 0 Å². The van der Waals surface area contributed by atoms with Crippen molar-refractivity contribution in [2.75, 3.05) is 5.01 Å². The van der Waals surface area contributed by atoms with Gasteiger partial charge in [-0.25, -0.2) is 5.84 Å². The van der Waals surface area contributed by atoms with Crippen LogP contribution in [0.15, 0.2) is 84.9 Å². The van der Waals surface area contributed by atoms with Crippen molar-refractivity contribution in [1.29, 1.82) is 0 Å². The number of hydrogen-bond acceptors (Lipinski definition) is 3. The Morgan fingerprint density at radius 3 is 2.32 bits per heavy atom. The molecule has 1 aliphatic carbocycles. The van der Waals surface area contributed by atoms with Crippen molar-refractivity contribution in [3.05, 3.63) is 96.1 Å². The molecule has 0 saturated heterocycles. The third-order valence-electron chi connectivity index (χ3n) is 5.69. The maximum atomic E-state index is 6.56. The van der Waals surface area contributed by atoms with E-state index in [-0.39, 0.29) is 0 Å². The zero-order valence-corrected chi connectivity index (χ0v) is 16.0. The van der Waals surface area contributed by atoms with Gasteiger partial charge in [-0.2, -0.15) is 0 Å². The fourth-order valence-corrected chi connectivity index (χ4v) is 5.38. The number of nitrogens with two attached hydrogens (primary N) is 1. The second kappa shape index (κ2) is 5.93. The van der Waals surface area contributed by atoms with E-state index in [4.69, 9.17) is 5.84 Å². The third kappa shape index (κ3) is 2.30. The number of rotatable bonds is 2. The monoisotopic (exact) mass is 378 g/mol. The van der Waals surface area contributed by atoms with Gasteiger partial charge in [-0.3, -0.25) is 5.01 Å². The van der Waals surface area contributed by atoms with Gasteiger partial charge < -0.3 is 0 Å².